The quantitative estimate of drug-likeness (QED) is 0.446. The van der Waals surface area contributed by atoms with E-state index in [1.54, 1.807) is 0 Å². The minimum Gasteiger partial charge on any atom is -0.466 e. The highest BCUT2D eigenvalue weighted by atomic mass is 35.5. The fourth-order valence-electron chi connectivity index (χ4n) is 1.62. The van der Waals surface area contributed by atoms with Crippen LogP contribution >= 0.6 is 11.6 Å². The van der Waals surface area contributed by atoms with Crippen molar-refractivity contribution in [2.24, 2.45) is 0 Å². The van der Waals surface area contributed by atoms with E-state index >= 15 is 0 Å². The fourth-order valence-corrected chi connectivity index (χ4v) is 1.90. The molecule has 0 amide bonds. The lowest BCUT2D eigenvalue weighted by molar-refractivity contribution is -0.275. The van der Waals surface area contributed by atoms with Crippen LogP contribution in [0, 0.1) is 0 Å². The molecule has 1 heterocycles. The summed E-state index contributed by atoms with van der Waals surface area (Å²) in [5.41, 5.74) is -1.69. The Hall–Kier alpha value is -1.64. The van der Waals surface area contributed by atoms with Gasteiger partial charge >= 0.3 is 12.3 Å². The first-order chi connectivity index (χ1) is 10.2. The summed E-state index contributed by atoms with van der Waals surface area (Å²) >= 11 is 5.52. The van der Waals surface area contributed by atoms with Crippen molar-refractivity contribution in [2.75, 3.05) is 6.61 Å². The van der Waals surface area contributed by atoms with Crippen molar-refractivity contribution < 1.29 is 36.2 Å². The highest BCUT2D eigenvalue weighted by Gasteiger charge is 2.35. The lowest BCUT2D eigenvalue weighted by Crippen LogP contribution is -2.21. The maximum absolute atomic E-state index is 12.8. The van der Waals surface area contributed by atoms with Crippen LogP contribution in [-0.4, -0.2) is 23.9 Å². The molecule has 1 rings (SSSR count). The Balaban J connectivity index is 3.31. The van der Waals surface area contributed by atoms with Crippen LogP contribution in [0.5, 0.6) is 5.75 Å². The number of alkyl halides is 6. The molecule has 1 aromatic rings. The van der Waals surface area contributed by atoms with E-state index in [-0.39, 0.29) is 12.3 Å². The van der Waals surface area contributed by atoms with Crippen LogP contribution in [0.3, 0.4) is 0 Å². The molecule has 0 fully saturated rings. The second-order valence-corrected chi connectivity index (χ2v) is 4.20. The first-order valence-corrected chi connectivity index (χ1v) is 6.49. The lowest BCUT2D eigenvalue weighted by Gasteiger charge is -2.18. The maximum atomic E-state index is 12.8. The molecule has 0 aliphatic rings. The van der Waals surface area contributed by atoms with E-state index in [9.17, 15) is 26.7 Å². The number of rotatable bonds is 6. The lowest BCUT2D eigenvalue weighted by atomic mass is 10.1. The van der Waals surface area contributed by atoms with Crippen molar-refractivity contribution in [3.63, 3.8) is 0 Å². The molecule has 10 heteroatoms. The molecular weight excluding hydrogens is 337 g/mol. The molecule has 0 spiro atoms. The Morgan fingerprint density at radius 2 is 2.05 bits per heavy atom. The van der Waals surface area contributed by atoms with Crippen molar-refractivity contribution in [2.45, 2.75) is 32.0 Å². The van der Waals surface area contributed by atoms with Gasteiger partial charge in [0.05, 0.1) is 30.2 Å². The van der Waals surface area contributed by atoms with Crippen molar-refractivity contribution in [3.05, 3.63) is 23.0 Å². The summed E-state index contributed by atoms with van der Waals surface area (Å²) in [6.45, 7) is 1.59. The van der Waals surface area contributed by atoms with Gasteiger partial charge in [-0.3, -0.25) is 9.78 Å². The molecular formula is C12H11ClF5NO3. The van der Waals surface area contributed by atoms with Gasteiger partial charge < -0.3 is 9.47 Å². The van der Waals surface area contributed by atoms with Gasteiger partial charge in [-0.2, -0.15) is 0 Å². The number of esters is 1. The largest absolute Gasteiger partial charge is 0.573 e. The van der Waals surface area contributed by atoms with Crippen LogP contribution in [0.25, 0.3) is 0 Å². The number of ether oxygens (including phenoxy) is 2. The average molecular weight is 348 g/mol. The number of nitrogens with zero attached hydrogens (tertiary/aromatic N) is 1. The smallest absolute Gasteiger partial charge is 0.466 e. The summed E-state index contributed by atoms with van der Waals surface area (Å²) in [5.74, 6) is -2.50. The summed E-state index contributed by atoms with van der Waals surface area (Å²) in [7, 11) is 0. The number of hydrogen-bond donors (Lipinski definition) is 0. The van der Waals surface area contributed by atoms with Crippen molar-refractivity contribution in [1.29, 1.82) is 0 Å². The number of carbonyl (C=O) groups excluding carboxylic acids is 1. The molecule has 0 aromatic carbocycles. The predicted molar refractivity (Wildman–Crippen MR) is 65.8 cm³/mol. The van der Waals surface area contributed by atoms with Crippen molar-refractivity contribution >= 4 is 17.6 Å². The Bertz CT molecular complexity index is 536. The SMILES string of the molecule is CCOC(=O)Cc1ncc(C(F)F)c(OC(F)(F)F)c1CCl. The van der Waals surface area contributed by atoms with E-state index in [2.05, 4.69) is 14.5 Å². The van der Waals surface area contributed by atoms with Gasteiger partial charge in [0.1, 0.15) is 5.75 Å². The minimum absolute atomic E-state index is 0.0517. The van der Waals surface area contributed by atoms with Crippen molar-refractivity contribution in [3.8, 4) is 5.75 Å². The molecule has 0 atom stereocenters. The predicted octanol–water partition coefficient (Wildman–Crippen LogP) is 3.76. The Kier molecular flexibility index (Phi) is 6.34. The third-order valence-electron chi connectivity index (χ3n) is 2.45. The number of carbonyl (C=O) groups is 1. The van der Waals surface area contributed by atoms with Crippen LogP contribution < -0.4 is 4.74 Å². The van der Waals surface area contributed by atoms with E-state index in [1.807, 2.05) is 0 Å². The topological polar surface area (TPSA) is 48.4 Å². The molecule has 1 aromatic heterocycles. The molecule has 0 N–H and O–H groups in total. The summed E-state index contributed by atoms with van der Waals surface area (Å²) in [5, 5.41) is 0. The summed E-state index contributed by atoms with van der Waals surface area (Å²) in [4.78, 5) is 15.0. The molecule has 0 saturated carbocycles. The van der Waals surface area contributed by atoms with Crippen LogP contribution in [0.15, 0.2) is 6.20 Å². The molecule has 0 saturated heterocycles. The Morgan fingerprint density at radius 3 is 2.50 bits per heavy atom. The van der Waals surface area contributed by atoms with Crippen LogP contribution in [0.2, 0.25) is 0 Å². The second kappa shape index (κ2) is 7.57. The molecule has 0 unspecified atom stereocenters. The second-order valence-electron chi connectivity index (χ2n) is 3.93. The van der Waals surface area contributed by atoms with E-state index in [0.717, 1.165) is 0 Å². The van der Waals surface area contributed by atoms with Gasteiger partial charge in [-0.25, -0.2) is 8.78 Å². The van der Waals surface area contributed by atoms with E-state index < -0.39 is 47.9 Å². The van der Waals surface area contributed by atoms with Crippen LogP contribution in [-0.2, 0) is 21.8 Å². The monoisotopic (exact) mass is 347 g/mol. The molecule has 124 valence electrons. The molecule has 0 aliphatic carbocycles. The highest BCUT2D eigenvalue weighted by molar-refractivity contribution is 6.17. The maximum Gasteiger partial charge on any atom is 0.573 e. The number of pyridine rings is 1. The number of hydrogen-bond acceptors (Lipinski definition) is 4. The van der Waals surface area contributed by atoms with Gasteiger partial charge in [-0.05, 0) is 6.92 Å². The van der Waals surface area contributed by atoms with Gasteiger partial charge in [-0.15, -0.1) is 24.8 Å². The number of halogens is 6. The first kappa shape index (κ1) is 18.4. The number of aromatic nitrogens is 1. The summed E-state index contributed by atoms with van der Waals surface area (Å²) in [6.07, 6.45) is -8.42. The molecule has 0 bridgehead atoms. The van der Waals surface area contributed by atoms with Gasteiger partial charge in [0.15, 0.2) is 0 Å². The van der Waals surface area contributed by atoms with Gasteiger partial charge in [0.25, 0.3) is 6.43 Å². The van der Waals surface area contributed by atoms with E-state index in [0.29, 0.717) is 6.20 Å². The zero-order valence-electron chi connectivity index (χ0n) is 11.2. The van der Waals surface area contributed by atoms with Gasteiger partial charge in [0, 0.05) is 11.8 Å². The highest BCUT2D eigenvalue weighted by Crippen LogP contribution is 2.37. The Morgan fingerprint density at radius 1 is 1.41 bits per heavy atom. The summed E-state index contributed by atoms with van der Waals surface area (Å²) in [6, 6.07) is 0. The normalized spacial score (nSPS) is 11.6. The van der Waals surface area contributed by atoms with Crippen LogP contribution in [0.4, 0.5) is 22.0 Å². The van der Waals surface area contributed by atoms with E-state index in [1.165, 1.54) is 6.92 Å². The van der Waals surface area contributed by atoms with E-state index in [4.69, 9.17) is 11.6 Å². The van der Waals surface area contributed by atoms with Gasteiger partial charge in [-0.1, -0.05) is 0 Å². The zero-order chi connectivity index (χ0) is 16.9. The van der Waals surface area contributed by atoms with Crippen LogP contribution in [0.1, 0.15) is 30.2 Å². The molecule has 22 heavy (non-hydrogen) atoms. The minimum atomic E-state index is -5.19. The first-order valence-electron chi connectivity index (χ1n) is 5.95. The van der Waals surface area contributed by atoms with Gasteiger partial charge in [0.2, 0.25) is 0 Å². The molecule has 0 radical (unpaired) electrons. The zero-order valence-corrected chi connectivity index (χ0v) is 12.0. The third kappa shape index (κ3) is 4.97. The summed E-state index contributed by atoms with van der Waals surface area (Å²) < 4.78 is 71.1. The molecule has 0 aliphatic heterocycles. The average Bonchev–Trinajstić information content (AvgIpc) is 2.37. The standard InChI is InChI=1S/C12H11ClF5NO3/c1-2-21-9(20)3-8-6(4-13)10(22-12(16,17)18)7(5-19-8)11(14)15/h5,11H,2-4H2,1H3. The van der Waals surface area contributed by atoms with Crippen molar-refractivity contribution in [1.82, 2.24) is 4.98 Å². The third-order valence-corrected chi connectivity index (χ3v) is 2.71. The molecule has 4 nitrogen and oxygen atoms in total. The fraction of sp³-hybridized carbons (Fsp3) is 0.500. The Labute approximate surface area is 127 Å².